The zero-order chi connectivity index (χ0) is 12.1. The second-order valence-corrected chi connectivity index (χ2v) is 4.03. The lowest BCUT2D eigenvalue weighted by Crippen LogP contribution is -2.38. The van der Waals surface area contributed by atoms with Gasteiger partial charge in [0.2, 0.25) is 11.8 Å². The van der Waals surface area contributed by atoms with Crippen LogP contribution in [-0.4, -0.2) is 37.4 Å². The van der Waals surface area contributed by atoms with Crippen molar-refractivity contribution in [3.8, 4) is 6.07 Å². The molecule has 0 aromatic rings. The van der Waals surface area contributed by atoms with Crippen molar-refractivity contribution in [2.75, 3.05) is 20.6 Å². The Bertz CT molecular complexity index is 290. The van der Waals surface area contributed by atoms with Gasteiger partial charge in [0.25, 0.3) is 0 Å². The van der Waals surface area contributed by atoms with Crippen LogP contribution in [0.3, 0.4) is 0 Å². The monoisotopic (exact) mass is 211 g/mol. The Labute approximate surface area is 90.0 Å². The van der Waals surface area contributed by atoms with Crippen LogP contribution in [0.4, 0.5) is 0 Å². The first kappa shape index (κ1) is 13.4. The molecule has 0 aliphatic heterocycles. The van der Waals surface area contributed by atoms with Crippen molar-refractivity contribution in [3.63, 3.8) is 0 Å². The Hall–Kier alpha value is -1.57. The molecule has 0 aliphatic rings. The summed E-state index contributed by atoms with van der Waals surface area (Å²) in [5, 5.41) is 11.2. The molecule has 15 heavy (non-hydrogen) atoms. The molecule has 0 aromatic heterocycles. The van der Waals surface area contributed by atoms with E-state index in [0.717, 1.165) is 0 Å². The average molecular weight is 211 g/mol. The van der Waals surface area contributed by atoms with Gasteiger partial charge in [-0.05, 0) is 13.8 Å². The van der Waals surface area contributed by atoms with E-state index in [4.69, 9.17) is 5.26 Å². The van der Waals surface area contributed by atoms with E-state index < -0.39 is 5.41 Å². The molecule has 5 heteroatoms. The number of nitrogens with zero attached hydrogens (tertiary/aromatic N) is 2. The summed E-state index contributed by atoms with van der Waals surface area (Å²) in [6.45, 7) is 3.34. The number of hydrogen-bond acceptors (Lipinski definition) is 3. The van der Waals surface area contributed by atoms with Crippen LogP contribution in [-0.2, 0) is 9.59 Å². The Morgan fingerprint density at radius 3 is 2.33 bits per heavy atom. The lowest BCUT2D eigenvalue weighted by atomic mass is 9.95. The van der Waals surface area contributed by atoms with Gasteiger partial charge in [-0.3, -0.25) is 9.59 Å². The average Bonchev–Trinajstić information content (AvgIpc) is 2.17. The summed E-state index contributed by atoms with van der Waals surface area (Å²) in [5.41, 5.74) is -1.04. The zero-order valence-electron chi connectivity index (χ0n) is 9.63. The summed E-state index contributed by atoms with van der Waals surface area (Å²) in [5.74, 6) is -0.401. The number of nitriles is 1. The Balaban J connectivity index is 3.95. The van der Waals surface area contributed by atoms with Gasteiger partial charge in [0.15, 0.2) is 0 Å². The molecule has 1 N–H and O–H groups in total. The van der Waals surface area contributed by atoms with Crippen LogP contribution >= 0.6 is 0 Å². The van der Waals surface area contributed by atoms with E-state index >= 15 is 0 Å². The predicted octanol–water partition coefficient (Wildman–Crippen LogP) is 0.131. The van der Waals surface area contributed by atoms with Crippen LogP contribution in [0.5, 0.6) is 0 Å². The summed E-state index contributed by atoms with van der Waals surface area (Å²) < 4.78 is 0. The van der Waals surface area contributed by atoms with Crippen LogP contribution in [0.1, 0.15) is 20.3 Å². The third-order valence-corrected chi connectivity index (χ3v) is 1.97. The van der Waals surface area contributed by atoms with Gasteiger partial charge >= 0.3 is 0 Å². The highest BCUT2D eigenvalue weighted by molar-refractivity contribution is 5.85. The van der Waals surface area contributed by atoms with Crippen LogP contribution in [0.25, 0.3) is 0 Å². The SMILES string of the molecule is CN(C)C(=O)CCNC(=O)C(C)(C)C#N. The first-order chi connectivity index (χ1) is 6.81. The molecular formula is C10H17N3O2. The molecule has 84 valence electrons. The number of nitrogens with one attached hydrogen (secondary N) is 1. The molecule has 0 atom stereocenters. The Morgan fingerprint density at radius 2 is 1.93 bits per heavy atom. The molecule has 0 bridgehead atoms. The van der Waals surface area contributed by atoms with Gasteiger partial charge in [0, 0.05) is 27.1 Å². The topological polar surface area (TPSA) is 73.2 Å². The zero-order valence-corrected chi connectivity index (χ0v) is 9.63. The minimum absolute atomic E-state index is 0.0509. The van der Waals surface area contributed by atoms with E-state index in [1.165, 1.54) is 18.7 Å². The maximum Gasteiger partial charge on any atom is 0.239 e. The molecular weight excluding hydrogens is 194 g/mol. The first-order valence-electron chi connectivity index (χ1n) is 4.71. The molecule has 0 saturated carbocycles. The minimum atomic E-state index is -1.04. The van der Waals surface area contributed by atoms with Gasteiger partial charge in [-0.2, -0.15) is 5.26 Å². The molecule has 0 radical (unpaired) electrons. The van der Waals surface area contributed by atoms with E-state index in [2.05, 4.69) is 5.32 Å². The predicted molar refractivity (Wildman–Crippen MR) is 55.7 cm³/mol. The van der Waals surface area contributed by atoms with Gasteiger partial charge < -0.3 is 10.2 Å². The molecule has 0 rings (SSSR count). The first-order valence-corrected chi connectivity index (χ1v) is 4.71. The standard InChI is InChI=1S/C10H17N3O2/c1-10(2,7-11)9(15)12-6-5-8(14)13(3)4/h5-6H2,1-4H3,(H,12,15). The van der Waals surface area contributed by atoms with Crippen molar-refractivity contribution in [2.24, 2.45) is 5.41 Å². The van der Waals surface area contributed by atoms with Gasteiger partial charge in [0.05, 0.1) is 6.07 Å². The number of carbonyl (C=O) groups is 2. The van der Waals surface area contributed by atoms with E-state index in [1.54, 1.807) is 14.1 Å². The van der Waals surface area contributed by atoms with E-state index in [1.807, 2.05) is 6.07 Å². The molecule has 0 heterocycles. The lowest BCUT2D eigenvalue weighted by molar-refractivity contribution is -0.129. The van der Waals surface area contributed by atoms with Crippen LogP contribution in [0.2, 0.25) is 0 Å². The summed E-state index contributed by atoms with van der Waals surface area (Å²) >= 11 is 0. The summed E-state index contributed by atoms with van der Waals surface area (Å²) in [6, 6.07) is 1.89. The Morgan fingerprint density at radius 1 is 1.40 bits per heavy atom. The molecule has 0 fully saturated rings. The number of amides is 2. The van der Waals surface area contributed by atoms with E-state index in [0.29, 0.717) is 0 Å². The van der Waals surface area contributed by atoms with Crippen molar-refractivity contribution in [1.82, 2.24) is 10.2 Å². The second-order valence-electron chi connectivity index (χ2n) is 4.03. The highest BCUT2D eigenvalue weighted by atomic mass is 16.2. The van der Waals surface area contributed by atoms with Crippen LogP contribution in [0.15, 0.2) is 0 Å². The van der Waals surface area contributed by atoms with Gasteiger partial charge in [-0.1, -0.05) is 0 Å². The lowest BCUT2D eigenvalue weighted by Gasteiger charge is -2.15. The summed E-state index contributed by atoms with van der Waals surface area (Å²) in [7, 11) is 3.31. The van der Waals surface area contributed by atoms with Crippen LogP contribution in [0, 0.1) is 16.7 Å². The minimum Gasteiger partial charge on any atom is -0.354 e. The molecule has 5 nitrogen and oxygen atoms in total. The molecule has 2 amide bonds. The third-order valence-electron chi connectivity index (χ3n) is 1.97. The van der Waals surface area contributed by atoms with Gasteiger partial charge in [0.1, 0.15) is 5.41 Å². The van der Waals surface area contributed by atoms with Crippen LogP contribution < -0.4 is 5.32 Å². The fourth-order valence-corrected chi connectivity index (χ4v) is 0.778. The van der Waals surface area contributed by atoms with Gasteiger partial charge in [-0.25, -0.2) is 0 Å². The number of rotatable bonds is 4. The molecule has 0 saturated heterocycles. The normalized spacial score (nSPS) is 10.3. The highest BCUT2D eigenvalue weighted by Gasteiger charge is 2.26. The fraction of sp³-hybridized carbons (Fsp3) is 0.700. The largest absolute Gasteiger partial charge is 0.354 e. The third kappa shape index (κ3) is 4.45. The fourth-order valence-electron chi connectivity index (χ4n) is 0.778. The van der Waals surface area contributed by atoms with Crippen molar-refractivity contribution >= 4 is 11.8 Å². The summed E-state index contributed by atoms with van der Waals surface area (Å²) in [6.07, 6.45) is 0.250. The van der Waals surface area contributed by atoms with Crippen molar-refractivity contribution in [3.05, 3.63) is 0 Å². The van der Waals surface area contributed by atoms with Gasteiger partial charge in [-0.15, -0.1) is 0 Å². The van der Waals surface area contributed by atoms with Crippen molar-refractivity contribution in [1.29, 1.82) is 5.26 Å². The molecule has 0 aromatic carbocycles. The maximum absolute atomic E-state index is 11.4. The highest BCUT2D eigenvalue weighted by Crippen LogP contribution is 2.12. The maximum atomic E-state index is 11.4. The Kier molecular flexibility index (Phi) is 4.79. The van der Waals surface area contributed by atoms with Crippen molar-refractivity contribution in [2.45, 2.75) is 20.3 Å². The number of carbonyl (C=O) groups excluding carboxylic acids is 2. The molecule has 0 aliphatic carbocycles. The second kappa shape index (κ2) is 5.35. The number of hydrogen-bond donors (Lipinski definition) is 1. The van der Waals surface area contributed by atoms with Crippen molar-refractivity contribution < 1.29 is 9.59 Å². The molecule has 0 unspecified atom stereocenters. The smallest absolute Gasteiger partial charge is 0.239 e. The summed E-state index contributed by atoms with van der Waals surface area (Å²) in [4.78, 5) is 24.0. The quantitative estimate of drug-likeness (QED) is 0.718. The van der Waals surface area contributed by atoms with E-state index in [-0.39, 0.29) is 24.8 Å². The van der Waals surface area contributed by atoms with E-state index in [9.17, 15) is 9.59 Å². The molecule has 0 spiro atoms.